The standard InChI is InChI=1S/C11H16O4S3/c1-11(2,3)18(14,15)5-4-16-8-6-9(10(12)13)17-7-8/h6-7H,4-5H2,1-3H3,(H,12,13). The van der Waals surface area contributed by atoms with E-state index in [4.69, 9.17) is 5.11 Å². The fourth-order valence-electron chi connectivity index (χ4n) is 1.08. The fraction of sp³-hybridized carbons (Fsp3) is 0.545. The van der Waals surface area contributed by atoms with E-state index in [1.54, 1.807) is 32.2 Å². The fourth-order valence-corrected chi connectivity index (χ4v) is 4.44. The van der Waals surface area contributed by atoms with Gasteiger partial charge in [-0.3, -0.25) is 0 Å². The zero-order chi connectivity index (χ0) is 14.0. The molecule has 1 heterocycles. The molecule has 0 atom stereocenters. The van der Waals surface area contributed by atoms with Crippen LogP contribution in [0.2, 0.25) is 0 Å². The van der Waals surface area contributed by atoms with Crippen LogP contribution in [-0.4, -0.2) is 35.7 Å². The van der Waals surface area contributed by atoms with Crippen LogP contribution in [0.15, 0.2) is 16.3 Å². The van der Waals surface area contributed by atoms with Crippen molar-refractivity contribution in [3.05, 3.63) is 16.3 Å². The Labute approximate surface area is 115 Å². The Hall–Kier alpha value is -0.530. The lowest BCUT2D eigenvalue weighted by Gasteiger charge is -2.18. The van der Waals surface area contributed by atoms with Crippen LogP contribution in [0, 0.1) is 0 Å². The van der Waals surface area contributed by atoms with Gasteiger partial charge in [-0.2, -0.15) is 0 Å². The molecule has 102 valence electrons. The molecule has 1 aromatic heterocycles. The number of hydrogen-bond acceptors (Lipinski definition) is 5. The molecule has 0 aliphatic rings. The third-order valence-electron chi connectivity index (χ3n) is 2.34. The van der Waals surface area contributed by atoms with E-state index < -0.39 is 20.6 Å². The minimum Gasteiger partial charge on any atom is -0.477 e. The van der Waals surface area contributed by atoms with Crippen molar-refractivity contribution >= 4 is 38.9 Å². The van der Waals surface area contributed by atoms with Crippen molar-refractivity contribution in [1.29, 1.82) is 0 Å². The van der Waals surface area contributed by atoms with Gasteiger partial charge in [0.05, 0.1) is 10.5 Å². The van der Waals surface area contributed by atoms with Gasteiger partial charge in [0.1, 0.15) is 4.88 Å². The SMILES string of the molecule is CC(C)(C)S(=O)(=O)CCSc1csc(C(=O)O)c1. The summed E-state index contributed by atoms with van der Waals surface area (Å²) in [5.74, 6) is -0.413. The van der Waals surface area contributed by atoms with Crippen molar-refractivity contribution in [2.75, 3.05) is 11.5 Å². The summed E-state index contributed by atoms with van der Waals surface area (Å²) in [6, 6.07) is 1.57. The molecule has 0 fully saturated rings. The molecular formula is C11H16O4S3. The lowest BCUT2D eigenvalue weighted by atomic mass is 10.3. The van der Waals surface area contributed by atoms with Crippen molar-refractivity contribution in [2.45, 2.75) is 30.4 Å². The minimum atomic E-state index is -3.11. The number of carboxylic acid groups (broad SMARTS) is 1. The van der Waals surface area contributed by atoms with Gasteiger partial charge in [0.25, 0.3) is 0 Å². The van der Waals surface area contributed by atoms with Crippen LogP contribution in [0.25, 0.3) is 0 Å². The molecule has 0 aromatic carbocycles. The Morgan fingerprint density at radius 2 is 2.06 bits per heavy atom. The number of carboxylic acids is 1. The quantitative estimate of drug-likeness (QED) is 0.847. The highest BCUT2D eigenvalue weighted by Crippen LogP contribution is 2.26. The van der Waals surface area contributed by atoms with Gasteiger partial charge in [-0.25, -0.2) is 13.2 Å². The number of hydrogen-bond donors (Lipinski definition) is 1. The third-order valence-corrected chi connectivity index (χ3v) is 7.25. The molecule has 1 N–H and O–H groups in total. The van der Waals surface area contributed by atoms with E-state index in [1.807, 2.05) is 0 Å². The first kappa shape index (κ1) is 15.5. The van der Waals surface area contributed by atoms with E-state index in [0.29, 0.717) is 5.75 Å². The maximum absolute atomic E-state index is 11.9. The summed E-state index contributed by atoms with van der Waals surface area (Å²) in [5, 5.41) is 10.5. The summed E-state index contributed by atoms with van der Waals surface area (Å²) in [6.45, 7) is 5.04. The number of rotatable bonds is 5. The van der Waals surface area contributed by atoms with Crippen LogP contribution in [0.1, 0.15) is 30.4 Å². The van der Waals surface area contributed by atoms with Crippen LogP contribution in [0.4, 0.5) is 0 Å². The van der Waals surface area contributed by atoms with E-state index in [-0.39, 0.29) is 10.6 Å². The summed E-state index contributed by atoms with van der Waals surface area (Å²) in [6.07, 6.45) is 0. The minimum absolute atomic E-state index is 0.0966. The van der Waals surface area contributed by atoms with E-state index in [0.717, 1.165) is 16.2 Å². The molecule has 18 heavy (non-hydrogen) atoms. The van der Waals surface area contributed by atoms with Crippen molar-refractivity contribution in [3.8, 4) is 0 Å². The molecule has 4 nitrogen and oxygen atoms in total. The molecule has 0 bridgehead atoms. The number of aromatic carboxylic acids is 1. The summed E-state index contributed by atoms with van der Waals surface area (Å²) < 4.78 is 23.0. The van der Waals surface area contributed by atoms with Crippen molar-refractivity contribution < 1.29 is 18.3 Å². The first-order valence-electron chi connectivity index (χ1n) is 5.30. The van der Waals surface area contributed by atoms with Crippen LogP contribution in [0.3, 0.4) is 0 Å². The van der Waals surface area contributed by atoms with Gasteiger partial charge in [0, 0.05) is 16.0 Å². The third kappa shape index (κ3) is 4.00. The average Bonchev–Trinajstić information content (AvgIpc) is 2.64. The molecule has 0 saturated carbocycles. The van der Waals surface area contributed by atoms with Crippen LogP contribution in [-0.2, 0) is 9.84 Å². The highest BCUT2D eigenvalue weighted by Gasteiger charge is 2.28. The summed E-state index contributed by atoms with van der Waals surface area (Å²) in [5.41, 5.74) is 0. The molecule has 0 unspecified atom stereocenters. The van der Waals surface area contributed by atoms with Gasteiger partial charge in [-0.15, -0.1) is 23.1 Å². The largest absolute Gasteiger partial charge is 0.477 e. The summed E-state index contributed by atoms with van der Waals surface area (Å²) in [7, 11) is -3.11. The molecule has 1 aromatic rings. The molecule has 1 rings (SSSR count). The smallest absolute Gasteiger partial charge is 0.345 e. The normalized spacial score (nSPS) is 12.6. The maximum atomic E-state index is 11.9. The van der Waals surface area contributed by atoms with Crippen molar-refractivity contribution in [1.82, 2.24) is 0 Å². The van der Waals surface area contributed by atoms with Gasteiger partial charge in [-0.1, -0.05) is 0 Å². The first-order valence-corrected chi connectivity index (χ1v) is 8.82. The zero-order valence-electron chi connectivity index (χ0n) is 10.5. The molecule has 0 aliphatic carbocycles. The van der Waals surface area contributed by atoms with Crippen molar-refractivity contribution in [2.24, 2.45) is 0 Å². The Balaban J connectivity index is 2.54. The number of carbonyl (C=O) groups is 1. The molecule has 7 heteroatoms. The van der Waals surface area contributed by atoms with Gasteiger partial charge >= 0.3 is 5.97 Å². The van der Waals surface area contributed by atoms with E-state index >= 15 is 0 Å². The lowest BCUT2D eigenvalue weighted by Crippen LogP contribution is -2.31. The Morgan fingerprint density at radius 3 is 2.50 bits per heavy atom. The van der Waals surface area contributed by atoms with Crippen LogP contribution < -0.4 is 0 Å². The molecule has 0 saturated heterocycles. The molecule has 0 aliphatic heterocycles. The summed E-state index contributed by atoms with van der Waals surface area (Å²) >= 11 is 2.52. The highest BCUT2D eigenvalue weighted by atomic mass is 32.2. The van der Waals surface area contributed by atoms with E-state index in [9.17, 15) is 13.2 Å². The number of sulfone groups is 1. The van der Waals surface area contributed by atoms with Gasteiger partial charge < -0.3 is 5.11 Å². The van der Waals surface area contributed by atoms with Gasteiger partial charge in [0.2, 0.25) is 0 Å². The first-order chi connectivity index (χ1) is 8.13. The second-order valence-corrected chi connectivity index (χ2v) is 9.67. The highest BCUT2D eigenvalue weighted by molar-refractivity contribution is 8.01. The zero-order valence-corrected chi connectivity index (χ0v) is 12.9. The molecule has 0 radical (unpaired) electrons. The van der Waals surface area contributed by atoms with Crippen molar-refractivity contribution in [3.63, 3.8) is 0 Å². The Kier molecular flexibility index (Phi) is 4.85. The van der Waals surface area contributed by atoms with Crippen LogP contribution in [0.5, 0.6) is 0 Å². The van der Waals surface area contributed by atoms with Crippen LogP contribution >= 0.6 is 23.1 Å². The second-order valence-electron chi connectivity index (χ2n) is 4.73. The Bertz CT molecular complexity index is 523. The second kappa shape index (κ2) is 5.63. The Morgan fingerprint density at radius 1 is 1.44 bits per heavy atom. The maximum Gasteiger partial charge on any atom is 0.345 e. The van der Waals surface area contributed by atoms with E-state index in [2.05, 4.69) is 0 Å². The average molecular weight is 308 g/mol. The summed E-state index contributed by atoms with van der Waals surface area (Å²) in [4.78, 5) is 11.8. The molecule has 0 spiro atoms. The molecule has 0 amide bonds. The number of thioether (sulfide) groups is 1. The van der Waals surface area contributed by atoms with Gasteiger partial charge in [-0.05, 0) is 26.8 Å². The predicted octanol–water partition coefficient (Wildman–Crippen LogP) is 2.75. The molecular weight excluding hydrogens is 292 g/mol. The van der Waals surface area contributed by atoms with Gasteiger partial charge in [0.15, 0.2) is 9.84 Å². The lowest BCUT2D eigenvalue weighted by molar-refractivity contribution is 0.0702. The topological polar surface area (TPSA) is 71.4 Å². The monoisotopic (exact) mass is 308 g/mol. The number of thiophene rings is 1. The van der Waals surface area contributed by atoms with E-state index in [1.165, 1.54) is 11.8 Å². The predicted molar refractivity (Wildman–Crippen MR) is 75.5 cm³/mol.